The Hall–Kier alpha value is -1.18. The summed E-state index contributed by atoms with van der Waals surface area (Å²) >= 11 is 0. The first-order valence-electron chi connectivity index (χ1n) is 6.87. The highest BCUT2D eigenvalue weighted by Crippen LogP contribution is 2.21. The van der Waals surface area contributed by atoms with Gasteiger partial charge in [0.2, 0.25) is 0 Å². The minimum Gasteiger partial charge on any atom is -0.383 e. The van der Waals surface area contributed by atoms with Crippen molar-refractivity contribution in [3.63, 3.8) is 0 Å². The maximum Gasteiger partial charge on any atom is 0.260 e. The van der Waals surface area contributed by atoms with Crippen LogP contribution in [0.25, 0.3) is 0 Å². The Morgan fingerprint density at radius 2 is 2.30 bits per heavy atom. The van der Waals surface area contributed by atoms with Crippen LogP contribution in [0.15, 0.2) is 23.4 Å². The van der Waals surface area contributed by atoms with Gasteiger partial charge in [-0.25, -0.2) is 18.1 Å². The van der Waals surface area contributed by atoms with Crippen molar-refractivity contribution in [2.75, 3.05) is 18.5 Å². The van der Waals surface area contributed by atoms with Crippen molar-refractivity contribution in [2.45, 2.75) is 43.9 Å². The third-order valence-corrected chi connectivity index (χ3v) is 4.72. The standard InChI is InChI=1S/C13H21N3O3S/c1-3-7-14-12-5-4-8-15-13(12)20(17,18)16-11-6-9-19-10(11)2/h4-5,8,10-11,14,16H,3,6-7,9H2,1-2H3. The van der Waals surface area contributed by atoms with E-state index in [1.807, 2.05) is 13.8 Å². The van der Waals surface area contributed by atoms with Crippen LogP contribution in [-0.4, -0.2) is 38.7 Å². The number of anilines is 1. The summed E-state index contributed by atoms with van der Waals surface area (Å²) in [6.45, 7) is 5.18. The molecule has 2 unspecified atom stereocenters. The first-order chi connectivity index (χ1) is 9.54. The number of ether oxygens (including phenoxy) is 1. The molecule has 1 aromatic heterocycles. The lowest BCUT2D eigenvalue weighted by atomic mass is 10.2. The van der Waals surface area contributed by atoms with Gasteiger partial charge in [-0.1, -0.05) is 6.92 Å². The van der Waals surface area contributed by atoms with E-state index >= 15 is 0 Å². The smallest absolute Gasteiger partial charge is 0.260 e. The van der Waals surface area contributed by atoms with Gasteiger partial charge in [-0.2, -0.15) is 0 Å². The van der Waals surface area contributed by atoms with E-state index in [2.05, 4.69) is 15.0 Å². The third kappa shape index (κ3) is 3.47. The molecule has 2 atom stereocenters. The second kappa shape index (κ2) is 6.51. The Kier molecular flexibility index (Phi) is 4.95. The summed E-state index contributed by atoms with van der Waals surface area (Å²) in [6.07, 6.45) is 2.97. The zero-order chi connectivity index (χ0) is 14.6. The molecule has 1 fully saturated rings. The lowest BCUT2D eigenvalue weighted by Crippen LogP contribution is -2.39. The minimum absolute atomic E-state index is 0.0487. The summed E-state index contributed by atoms with van der Waals surface area (Å²) in [5.74, 6) is 0. The van der Waals surface area contributed by atoms with Gasteiger partial charge in [-0.3, -0.25) is 0 Å². The molecule has 7 heteroatoms. The average molecular weight is 299 g/mol. The second-order valence-electron chi connectivity index (χ2n) is 4.88. The van der Waals surface area contributed by atoms with Gasteiger partial charge in [0.05, 0.1) is 17.8 Å². The summed E-state index contributed by atoms with van der Waals surface area (Å²) in [5, 5.41) is 3.14. The summed E-state index contributed by atoms with van der Waals surface area (Å²) in [6, 6.07) is 3.26. The molecule has 20 heavy (non-hydrogen) atoms. The van der Waals surface area contributed by atoms with Crippen molar-refractivity contribution in [1.82, 2.24) is 9.71 Å². The van der Waals surface area contributed by atoms with Crippen molar-refractivity contribution in [3.05, 3.63) is 18.3 Å². The van der Waals surface area contributed by atoms with Gasteiger partial charge < -0.3 is 10.1 Å². The monoisotopic (exact) mass is 299 g/mol. The van der Waals surface area contributed by atoms with Gasteiger partial charge in [0.25, 0.3) is 10.0 Å². The van der Waals surface area contributed by atoms with Crippen molar-refractivity contribution >= 4 is 15.7 Å². The van der Waals surface area contributed by atoms with E-state index in [0.29, 0.717) is 25.3 Å². The molecule has 2 rings (SSSR count). The van der Waals surface area contributed by atoms with Crippen molar-refractivity contribution < 1.29 is 13.2 Å². The van der Waals surface area contributed by atoms with E-state index in [4.69, 9.17) is 4.74 Å². The fourth-order valence-corrected chi connectivity index (χ4v) is 3.59. The van der Waals surface area contributed by atoms with E-state index in [-0.39, 0.29) is 17.2 Å². The molecule has 1 aliphatic heterocycles. The number of aromatic nitrogens is 1. The van der Waals surface area contributed by atoms with Crippen molar-refractivity contribution in [2.24, 2.45) is 0 Å². The molecule has 1 aliphatic rings. The van der Waals surface area contributed by atoms with Crippen LogP contribution >= 0.6 is 0 Å². The Balaban J connectivity index is 2.20. The number of hydrogen-bond donors (Lipinski definition) is 2. The molecule has 2 heterocycles. The molecule has 112 valence electrons. The summed E-state index contributed by atoms with van der Waals surface area (Å²) in [7, 11) is -3.64. The van der Waals surface area contributed by atoms with Crippen LogP contribution in [0.3, 0.4) is 0 Å². The average Bonchev–Trinajstić information content (AvgIpc) is 2.81. The Bertz CT molecular complexity index is 548. The SMILES string of the molecule is CCCNc1cccnc1S(=O)(=O)NC1CCOC1C. The highest BCUT2D eigenvalue weighted by Gasteiger charge is 2.30. The molecular formula is C13H21N3O3S. The van der Waals surface area contributed by atoms with E-state index in [1.165, 1.54) is 6.20 Å². The number of pyridine rings is 1. The van der Waals surface area contributed by atoms with Gasteiger partial charge in [0.1, 0.15) is 0 Å². The van der Waals surface area contributed by atoms with E-state index in [9.17, 15) is 8.42 Å². The molecule has 0 spiro atoms. The highest BCUT2D eigenvalue weighted by atomic mass is 32.2. The normalized spacial score (nSPS) is 22.9. The predicted octanol–water partition coefficient (Wildman–Crippen LogP) is 1.36. The van der Waals surface area contributed by atoms with E-state index in [0.717, 1.165) is 6.42 Å². The van der Waals surface area contributed by atoms with Crippen LogP contribution in [0.4, 0.5) is 5.69 Å². The molecule has 0 bridgehead atoms. The van der Waals surface area contributed by atoms with Crippen LogP contribution in [0.1, 0.15) is 26.7 Å². The van der Waals surface area contributed by atoms with E-state index < -0.39 is 10.0 Å². The Morgan fingerprint density at radius 1 is 1.50 bits per heavy atom. The maximum absolute atomic E-state index is 12.4. The lowest BCUT2D eigenvalue weighted by molar-refractivity contribution is 0.117. The Morgan fingerprint density at radius 3 is 2.95 bits per heavy atom. The topological polar surface area (TPSA) is 80.3 Å². The quantitative estimate of drug-likeness (QED) is 0.829. The molecule has 0 aliphatic carbocycles. The molecule has 2 N–H and O–H groups in total. The molecule has 0 amide bonds. The third-order valence-electron chi connectivity index (χ3n) is 3.27. The molecule has 6 nitrogen and oxygen atoms in total. The second-order valence-corrected chi connectivity index (χ2v) is 6.50. The minimum atomic E-state index is -3.64. The molecular weight excluding hydrogens is 278 g/mol. The molecule has 0 aromatic carbocycles. The maximum atomic E-state index is 12.4. The van der Waals surface area contributed by atoms with Crippen molar-refractivity contribution in [3.8, 4) is 0 Å². The predicted molar refractivity (Wildman–Crippen MR) is 77.2 cm³/mol. The summed E-state index contributed by atoms with van der Waals surface area (Å²) in [4.78, 5) is 4.02. The van der Waals surface area contributed by atoms with Gasteiger partial charge in [0.15, 0.2) is 5.03 Å². The largest absolute Gasteiger partial charge is 0.383 e. The first kappa shape index (κ1) is 15.2. The first-order valence-corrected chi connectivity index (χ1v) is 8.35. The number of rotatable bonds is 6. The number of nitrogens with one attached hydrogen (secondary N) is 2. The molecule has 0 saturated carbocycles. The summed E-state index contributed by atoms with van der Waals surface area (Å²) in [5.41, 5.74) is 0.536. The highest BCUT2D eigenvalue weighted by molar-refractivity contribution is 7.89. The fourth-order valence-electron chi connectivity index (χ4n) is 2.14. The number of hydrogen-bond acceptors (Lipinski definition) is 5. The van der Waals surface area contributed by atoms with Gasteiger partial charge >= 0.3 is 0 Å². The molecule has 0 radical (unpaired) electrons. The molecule has 1 saturated heterocycles. The van der Waals surface area contributed by atoms with E-state index in [1.54, 1.807) is 12.1 Å². The van der Waals surface area contributed by atoms with Crippen LogP contribution in [-0.2, 0) is 14.8 Å². The zero-order valence-corrected chi connectivity index (χ0v) is 12.6. The van der Waals surface area contributed by atoms with Gasteiger partial charge in [0, 0.05) is 19.3 Å². The number of nitrogens with zero attached hydrogens (tertiary/aromatic N) is 1. The van der Waals surface area contributed by atoms with Crippen LogP contribution < -0.4 is 10.0 Å². The van der Waals surface area contributed by atoms with Crippen molar-refractivity contribution in [1.29, 1.82) is 0 Å². The number of sulfonamides is 1. The van der Waals surface area contributed by atoms with Gasteiger partial charge in [-0.05, 0) is 31.9 Å². The van der Waals surface area contributed by atoms with Crippen LogP contribution in [0.2, 0.25) is 0 Å². The summed E-state index contributed by atoms with van der Waals surface area (Å²) < 4.78 is 33.0. The zero-order valence-electron chi connectivity index (χ0n) is 11.8. The lowest BCUT2D eigenvalue weighted by Gasteiger charge is -2.17. The van der Waals surface area contributed by atoms with Gasteiger partial charge in [-0.15, -0.1) is 0 Å². The fraction of sp³-hybridized carbons (Fsp3) is 0.615. The molecule has 1 aromatic rings. The van der Waals surface area contributed by atoms with Crippen LogP contribution in [0, 0.1) is 0 Å². The Labute approximate surface area is 120 Å². The van der Waals surface area contributed by atoms with Crippen LogP contribution in [0.5, 0.6) is 0 Å².